The average Bonchev–Trinajstić information content (AvgIpc) is 3.35. The van der Waals surface area contributed by atoms with Crippen LogP contribution in [-0.4, -0.2) is 47.4 Å². The monoisotopic (exact) mass is 976 g/mol. The van der Waals surface area contributed by atoms with Crippen LogP contribution < -0.4 is 5.32 Å². The van der Waals surface area contributed by atoms with Crippen LogP contribution in [0, 0.1) is 0 Å². The number of esters is 1. The molecule has 412 valence electrons. The van der Waals surface area contributed by atoms with Crippen LogP contribution in [0.1, 0.15) is 367 Å². The van der Waals surface area contributed by atoms with Crippen molar-refractivity contribution in [3.63, 3.8) is 0 Å². The predicted octanol–water partition coefficient (Wildman–Crippen LogP) is 19.9. The lowest BCUT2D eigenvalue weighted by molar-refractivity contribution is -0.143. The summed E-state index contributed by atoms with van der Waals surface area (Å²) in [6, 6.07) is -0.549. The Morgan fingerprint density at radius 2 is 0.594 bits per heavy atom. The fraction of sp³-hybridized carbons (Fsp3) is 0.968. The number of unbranched alkanes of at least 4 members (excludes halogenated alkanes) is 49. The Morgan fingerprint density at radius 1 is 0.348 bits per heavy atom. The van der Waals surface area contributed by atoms with E-state index < -0.39 is 12.1 Å². The number of nitrogens with one attached hydrogen (secondary N) is 1. The molecule has 0 bridgehead atoms. The molecule has 0 aromatic heterocycles. The standard InChI is InChI=1S/C63H125NO5/c1-3-5-7-9-11-13-15-17-19-21-23-24-25-27-31-35-39-43-47-51-55-61(66)60(59-65)64-62(67)56-52-48-44-40-36-32-29-30-34-38-42-46-50-54-58-69-63(68)57-53-49-45-41-37-33-28-26-22-20-18-16-14-12-10-8-6-4-2/h60-61,65-66H,3-59H2,1-2H3,(H,64,67). The van der Waals surface area contributed by atoms with E-state index in [4.69, 9.17) is 4.74 Å². The molecule has 0 saturated carbocycles. The largest absolute Gasteiger partial charge is 0.466 e. The van der Waals surface area contributed by atoms with Crippen LogP contribution >= 0.6 is 0 Å². The lowest BCUT2D eigenvalue weighted by Crippen LogP contribution is -2.45. The maximum atomic E-state index is 12.5. The van der Waals surface area contributed by atoms with E-state index in [0.29, 0.717) is 25.9 Å². The molecule has 0 aliphatic heterocycles. The number of ether oxygens (including phenoxy) is 1. The molecule has 0 aromatic rings. The summed E-state index contributed by atoms with van der Waals surface area (Å²) >= 11 is 0. The van der Waals surface area contributed by atoms with E-state index in [0.717, 1.165) is 51.4 Å². The van der Waals surface area contributed by atoms with Crippen LogP contribution in [0.5, 0.6) is 0 Å². The van der Waals surface area contributed by atoms with Crippen molar-refractivity contribution < 1.29 is 24.5 Å². The Morgan fingerprint density at radius 3 is 0.884 bits per heavy atom. The second kappa shape index (κ2) is 59.4. The van der Waals surface area contributed by atoms with Gasteiger partial charge in [-0.3, -0.25) is 9.59 Å². The summed E-state index contributed by atoms with van der Waals surface area (Å²) in [5.41, 5.74) is 0. The summed E-state index contributed by atoms with van der Waals surface area (Å²) < 4.78 is 5.50. The third kappa shape index (κ3) is 56.0. The molecule has 0 aliphatic rings. The van der Waals surface area contributed by atoms with E-state index >= 15 is 0 Å². The molecule has 0 aromatic carbocycles. The number of carbonyl (C=O) groups is 2. The highest BCUT2D eigenvalue weighted by Gasteiger charge is 2.20. The van der Waals surface area contributed by atoms with E-state index in [2.05, 4.69) is 19.2 Å². The van der Waals surface area contributed by atoms with Gasteiger partial charge in [-0.15, -0.1) is 0 Å². The normalized spacial score (nSPS) is 12.5. The van der Waals surface area contributed by atoms with Crippen LogP contribution in [-0.2, 0) is 14.3 Å². The number of aliphatic hydroxyl groups excluding tert-OH is 2. The first-order valence-corrected chi connectivity index (χ1v) is 31.8. The van der Waals surface area contributed by atoms with Crippen molar-refractivity contribution in [2.75, 3.05) is 13.2 Å². The summed E-state index contributed by atoms with van der Waals surface area (Å²) in [7, 11) is 0. The van der Waals surface area contributed by atoms with Crippen molar-refractivity contribution in [2.24, 2.45) is 0 Å². The van der Waals surface area contributed by atoms with Gasteiger partial charge in [0.05, 0.1) is 25.4 Å². The first-order chi connectivity index (χ1) is 34.0. The minimum absolute atomic E-state index is 0.00381. The predicted molar refractivity (Wildman–Crippen MR) is 301 cm³/mol. The lowest BCUT2D eigenvalue weighted by atomic mass is 10.0. The van der Waals surface area contributed by atoms with Crippen molar-refractivity contribution in [1.82, 2.24) is 5.32 Å². The lowest BCUT2D eigenvalue weighted by Gasteiger charge is -2.22. The highest BCUT2D eigenvalue weighted by Crippen LogP contribution is 2.19. The summed E-state index contributed by atoms with van der Waals surface area (Å²) in [6.45, 7) is 4.98. The molecule has 0 aliphatic carbocycles. The number of hydrogen-bond acceptors (Lipinski definition) is 5. The third-order valence-electron chi connectivity index (χ3n) is 15.2. The highest BCUT2D eigenvalue weighted by molar-refractivity contribution is 5.76. The zero-order valence-electron chi connectivity index (χ0n) is 47.1. The van der Waals surface area contributed by atoms with E-state index in [1.165, 1.54) is 283 Å². The maximum absolute atomic E-state index is 12.5. The molecule has 0 radical (unpaired) electrons. The Hall–Kier alpha value is -1.14. The van der Waals surface area contributed by atoms with Gasteiger partial charge < -0.3 is 20.3 Å². The fourth-order valence-electron chi connectivity index (χ4n) is 10.3. The van der Waals surface area contributed by atoms with Gasteiger partial charge in [-0.1, -0.05) is 328 Å². The molecular formula is C63H125NO5. The molecule has 6 heteroatoms. The number of rotatable bonds is 60. The van der Waals surface area contributed by atoms with E-state index in [-0.39, 0.29) is 18.5 Å². The van der Waals surface area contributed by atoms with Crippen LogP contribution in [0.3, 0.4) is 0 Å². The van der Waals surface area contributed by atoms with Gasteiger partial charge in [-0.05, 0) is 25.7 Å². The summed E-state index contributed by atoms with van der Waals surface area (Å²) in [6.07, 6.45) is 69.6. The summed E-state index contributed by atoms with van der Waals surface area (Å²) in [4.78, 5) is 24.6. The molecule has 1 amide bonds. The van der Waals surface area contributed by atoms with Gasteiger partial charge in [0.1, 0.15) is 0 Å². The molecule has 2 unspecified atom stereocenters. The zero-order chi connectivity index (χ0) is 50.0. The van der Waals surface area contributed by atoms with Gasteiger partial charge in [-0.2, -0.15) is 0 Å². The summed E-state index contributed by atoms with van der Waals surface area (Å²) in [5, 5.41) is 23.4. The molecular weight excluding hydrogens is 851 g/mol. The maximum Gasteiger partial charge on any atom is 0.305 e. The quantitative estimate of drug-likeness (QED) is 0.0417. The Labute approximate surface area is 432 Å². The van der Waals surface area contributed by atoms with Gasteiger partial charge in [0.25, 0.3) is 0 Å². The zero-order valence-corrected chi connectivity index (χ0v) is 47.1. The third-order valence-corrected chi connectivity index (χ3v) is 15.2. The van der Waals surface area contributed by atoms with E-state index in [9.17, 15) is 19.8 Å². The number of carbonyl (C=O) groups excluding carboxylic acids is 2. The second-order valence-electron chi connectivity index (χ2n) is 22.1. The molecule has 0 heterocycles. The van der Waals surface area contributed by atoms with Crippen LogP contribution in [0.25, 0.3) is 0 Å². The topological polar surface area (TPSA) is 95.9 Å². The second-order valence-corrected chi connectivity index (χ2v) is 22.1. The Kier molecular flexibility index (Phi) is 58.4. The minimum Gasteiger partial charge on any atom is -0.466 e. The number of amides is 1. The van der Waals surface area contributed by atoms with Crippen molar-refractivity contribution >= 4 is 11.9 Å². The minimum atomic E-state index is -0.671. The van der Waals surface area contributed by atoms with Gasteiger partial charge in [0.2, 0.25) is 5.91 Å². The fourth-order valence-corrected chi connectivity index (χ4v) is 10.3. The average molecular weight is 977 g/mol. The molecule has 0 saturated heterocycles. The van der Waals surface area contributed by atoms with Crippen LogP contribution in [0.4, 0.5) is 0 Å². The molecule has 6 nitrogen and oxygen atoms in total. The number of hydrogen-bond donors (Lipinski definition) is 3. The summed E-state index contributed by atoms with van der Waals surface area (Å²) in [5.74, 6) is -0.0367. The Balaban J connectivity index is 3.40. The molecule has 0 rings (SSSR count). The van der Waals surface area contributed by atoms with E-state index in [1.807, 2.05) is 0 Å². The molecule has 69 heavy (non-hydrogen) atoms. The smallest absolute Gasteiger partial charge is 0.305 e. The van der Waals surface area contributed by atoms with Gasteiger partial charge in [-0.25, -0.2) is 0 Å². The van der Waals surface area contributed by atoms with Crippen molar-refractivity contribution in [2.45, 2.75) is 379 Å². The van der Waals surface area contributed by atoms with Gasteiger partial charge in [0.15, 0.2) is 0 Å². The van der Waals surface area contributed by atoms with Gasteiger partial charge in [0, 0.05) is 12.8 Å². The van der Waals surface area contributed by atoms with Gasteiger partial charge >= 0.3 is 5.97 Å². The molecule has 3 N–H and O–H groups in total. The highest BCUT2D eigenvalue weighted by atomic mass is 16.5. The van der Waals surface area contributed by atoms with Crippen LogP contribution in [0.15, 0.2) is 0 Å². The van der Waals surface area contributed by atoms with Crippen molar-refractivity contribution in [3.05, 3.63) is 0 Å². The van der Waals surface area contributed by atoms with E-state index in [1.54, 1.807) is 0 Å². The SMILES string of the molecule is CCCCCCCCCCCCCCCCCCCCCCC(O)C(CO)NC(=O)CCCCCCCCCCCCCCCCOC(=O)CCCCCCCCCCCCCCCCCCCC. The first kappa shape index (κ1) is 67.9. The van der Waals surface area contributed by atoms with Crippen LogP contribution in [0.2, 0.25) is 0 Å². The molecule has 2 atom stereocenters. The molecule has 0 spiro atoms. The first-order valence-electron chi connectivity index (χ1n) is 31.8. The number of aliphatic hydroxyl groups is 2. The van der Waals surface area contributed by atoms with Crippen molar-refractivity contribution in [1.29, 1.82) is 0 Å². The van der Waals surface area contributed by atoms with Crippen molar-refractivity contribution in [3.8, 4) is 0 Å². The Bertz CT molecular complexity index is 990. The molecule has 0 fully saturated rings.